The summed E-state index contributed by atoms with van der Waals surface area (Å²) in [5.41, 5.74) is -0.761. The molecule has 1 aromatic rings. The minimum Gasteiger partial charge on any atom is -0.494 e. The lowest BCUT2D eigenvalue weighted by atomic mass is 10.3. The molecule has 1 heterocycles. The summed E-state index contributed by atoms with van der Waals surface area (Å²) in [4.78, 5) is 2.68. The van der Waals surface area contributed by atoms with Crippen LogP contribution in [0.2, 0.25) is 5.02 Å². The van der Waals surface area contributed by atoms with Gasteiger partial charge in [-0.3, -0.25) is 4.98 Å². The molecule has 0 aliphatic heterocycles. The summed E-state index contributed by atoms with van der Waals surface area (Å²) in [6, 6.07) is 0. The molecular formula is C7H5Cl2F2NO3S. The van der Waals surface area contributed by atoms with Crippen LogP contribution in [0.4, 0.5) is 8.78 Å². The van der Waals surface area contributed by atoms with Crippen molar-refractivity contribution in [2.75, 3.05) is 7.11 Å². The Bertz CT molecular complexity index is 507. The maximum atomic E-state index is 12.4. The molecule has 0 radical (unpaired) electrons. The summed E-state index contributed by atoms with van der Waals surface area (Å²) >= 11 is 5.52. The molecule has 1 aromatic heterocycles. The molecule has 0 saturated heterocycles. The number of halogens is 4. The van der Waals surface area contributed by atoms with E-state index in [-0.39, 0.29) is 0 Å². The number of rotatable bonds is 3. The third kappa shape index (κ3) is 2.53. The van der Waals surface area contributed by atoms with Gasteiger partial charge in [0, 0.05) is 10.7 Å². The SMILES string of the molecule is COc1c(S(=O)(=O)Cl)cnc(C(F)F)c1Cl. The molecule has 16 heavy (non-hydrogen) atoms. The number of pyridine rings is 1. The Morgan fingerprint density at radius 2 is 2.06 bits per heavy atom. The van der Waals surface area contributed by atoms with Crippen LogP contribution in [0.15, 0.2) is 11.1 Å². The fourth-order valence-electron chi connectivity index (χ4n) is 0.984. The molecule has 0 N–H and O–H groups in total. The Morgan fingerprint density at radius 1 is 1.50 bits per heavy atom. The van der Waals surface area contributed by atoms with Crippen molar-refractivity contribution in [1.29, 1.82) is 0 Å². The van der Waals surface area contributed by atoms with E-state index in [0.29, 0.717) is 6.20 Å². The highest BCUT2D eigenvalue weighted by molar-refractivity contribution is 8.13. The van der Waals surface area contributed by atoms with Gasteiger partial charge in [0.25, 0.3) is 15.5 Å². The summed E-state index contributed by atoms with van der Waals surface area (Å²) in [5, 5.41) is -0.570. The van der Waals surface area contributed by atoms with Crippen molar-refractivity contribution in [2.24, 2.45) is 0 Å². The zero-order chi connectivity index (χ0) is 12.5. The van der Waals surface area contributed by atoms with Crippen molar-refractivity contribution >= 4 is 31.3 Å². The maximum absolute atomic E-state index is 12.4. The van der Waals surface area contributed by atoms with Gasteiger partial charge in [-0.05, 0) is 0 Å². The van der Waals surface area contributed by atoms with E-state index >= 15 is 0 Å². The predicted octanol–water partition coefficient (Wildman–Crippen LogP) is 2.61. The van der Waals surface area contributed by atoms with Gasteiger partial charge in [-0.1, -0.05) is 11.6 Å². The van der Waals surface area contributed by atoms with Crippen molar-refractivity contribution < 1.29 is 21.9 Å². The Kier molecular flexibility index (Phi) is 3.92. The highest BCUT2D eigenvalue weighted by atomic mass is 35.7. The number of nitrogens with zero attached hydrogens (tertiary/aromatic N) is 1. The molecule has 0 saturated carbocycles. The Morgan fingerprint density at radius 3 is 2.44 bits per heavy atom. The number of aromatic nitrogens is 1. The van der Waals surface area contributed by atoms with Crippen molar-refractivity contribution in [3.63, 3.8) is 0 Å². The molecule has 0 spiro atoms. The maximum Gasteiger partial charge on any atom is 0.281 e. The molecule has 0 aliphatic rings. The molecule has 9 heteroatoms. The zero-order valence-electron chi connectivity index (χ0n) is 7.75. The van der Waals surface area contributed by atoms with E-state index in [4.69, 9.17) is 22.3 Å². The molecule has 0 unspecified atom stereocenters. The Hall–Kier alpha value is -0.660. The van der Waals surface area contributed by atoms with Gasteiger partial charge in [0.05, 0.1) is 13.3 Å². The van der Waals surface area contributed by atoms with Crippen LogP contribution in [0.3, 0.4) is 0 Å². The van der Waals surface area contributed by atoms with Crippen molar-refractivity contribution in [3.8, 4) is 5.75 Å². The van der Waals surface area contributed by atoms with Gasteiger partial charge >= 0.3 is 0 Å². The van der Waals surface area contributed by atoms with Crippen molar-refractivity contribution in [2.45, 2.75) is 11.3 Å². The second-order valence-corrected chi connectivity index (χ2v) is 5.51. The normalized spacial score (nSPS) is 11.9. The summed E-state index contributed by atoms with van der Waals surface area (Å²) in [5.74, 6) is -0.443. The molecule has 0 amide bonds. The lowest BCUT2D eigenvalue weighted by Crippen LogP contribution is -2.02. The van der Waals surface area contributed by atoms with Crippen LogP contribution in [-0.4, -0.2) is 20.5 Å². The van der Waals surface area contributed by atoms with Crippen molar-refractivity contribution in [1.82, 2.24) is 4.98 Å². The third-order valence-electron chi connectivity index (χ3n) is 1.64. The second-order valence-electron chi connectivity index (χ2n) is 2.59. The van der Waals surface area contributed by atoms with Crippen LogP contribution in [0, 0.1) is 0 Å². The van der Waals surface area contributed by atoms with Crippen LogP contribution < -0.4 is 4.74 Å². The monoisotopic (exact) mass is 291 g/mol. The van der Waals surface area contributed by atoms with Gasteiger partial charge in [0.1, 0.15) is 15.6 Å². The van der Waals surface area contributed by atoms with Gasteiger partial charge in [-0.25, -0.2) is 17.2 Å². The van der Waals surface area contributed by atoms with E-state index in [1.807, 2.05) is 0 Å². The van der Waals surface area contributed by atoms with Gasteiger partial charge in [-0.2, -0.15) is 0 Å². The van der Waals surface area contributed by atoms with E-state index in [2.05, 4.69) is 9.72 Å². The Balaban J connectivity index is 3.54. The van der Waals surface area contributed by atoms with Gasteiger partial charge in [-0.15, -0.1) is 0 Å². The fourth-order valence-corrected chi connectivity index (χ4v) is 2.27. The fraction of sp³-hybridized carbons (Fsp3) is 0.286. The largest absolute Gasteiger partial charge is 0.494 e. The highest BCUT2D eigenvalue weighted by Crippen LogP contribution is 2.38. The standard InChI is InChI=1S/C7H5Cl2F2NO3S/c1-15-6-3(16(9,13)14)2-12-5(4(6)8)7(10)11/h2,7H,1H3. The molecule has 4 nitrogen and oxygen atoms in total. The van der Waals surface area contributed by atoms with E-state index in [1.54, 1.807) is 0 Å². The van der Waals surface area contributed by atoms with Gasteiger partial charge in [0.15, 0.2) is 5.75 Å². The van der Waals surface area contributed by atoms with Crippen LogP contribution >= 0.6 is 22.3 Å². The second kappa shape index (κ2) is 4.68. The van der Waals surface area contributed by atoms with E-state index in [0.717, 1.165) is 7.11 Å². The molecule has 0 atom stereocenters. The van der Waals surface area contributed by atoms with Crippen LogP contribution in [-0.2, 0) is 9.05 Å². The minimum atomic E-state index is -4.16. The molecule has 1 rings (SSSR count). The number of ether oxygens (including phenoxy) is 1. The smallest absolute Gasteiger partial charge is 0.281 e. The summed E-state index contributed by atoms with van der Waals surface area (Å²) in [7, 11) is 1.98. The van der Waals surface area contributed by atoms with Crippen LogP contribution in [0.5, 0.6) is 5.75 Å². The van der Waals surface area contributed by atoms with E-state index < -0.39 is 36.8 Å². The number of hydrogen-bond acceptors (Lipinski definition) is 4. The average Bonchev–Trinajstić information content (AvgIpc) is 2.15. The first-order valence-corrected chi connectivity index (χ1v) is 6.43. The first kappa shape index (κ1) is 13.4. The lowest BCUT2D eigenvalue weighted by Gasteiger charge is -2.10. The van der Waals surface area contributed by atoms with Gasteiger partial charge < -0.3 is 4.74 Å². The van der Waals surface area contributed by atoms with Crippen molar-refractivity contribution in [3.05, 3.63) is 16.9 Å². The number of hydrogen-bond donors (Lipinski definition) is 0. The molecule has 0 bridgehead atoms. The summed E-state index contributed by atoms with van der Waals surface area (Å²) in [6.07, 6.45) is -2.26. The lowest BCUT2D eigenvalue weighted by molar-refractivity contribution is 0.145. The molecule has 90 valence electrons. The van der Waals surface area contributed by atoms with Crippen LogP contribution in [0.1, 0.15) is 12.1 Å². The van der Waals surface area contributed by atoms with E-state index in [9.17, 15) is 17.2 Å². The van der Waals surface area contributed by atoms with Crippen LogP contribution in [0.25, 0.3) is 0 Å². The summed E-state index contributed by atoms with van der Waals surface area (Å²) < 4.78 is 51.5. The quantitative estimate of drug-likeness (QED) is 0.803. The molecular weight excluding hydrogens is 287 g/mol. The Labute approximate surface area is 99.6 Å². The third-order valence-corrected chi connectivity index (χ3v) is 3.32. The number of methoxy groups -OCH3 is 1. The minimum absolute atomic E-state index is 0.443. The zero-order valence-corrected chi connectivity index (χ0v) is 10.1. The number of alkyl halides is 2. The first-order valence-electron chi connectivity index (χ1n) is 3.74. The highest BCUT2D eigenvalue weighted by Gasteiger charge is 2.25. The molecule has 0 aliphatic carbocycles. The van der Waals surface area contributed by atoms with Gasteiger partial charge in [0.2, 0.25) is 0 Å². The average molecular weight is 292 g/mol. The topological polar surface area (TPSA) is 56.3 Å². The molecule has 0 aromatic carbocycles. The first-order chi connectivity index (χ1) is 7.29. The summed E-state index contributed by atoms with van der Waals surface area (Å²) in [6.45, 7) is 0. The van der Waals surface area contributed by atoms with E-state index in [1.165, 1.54) is 0 Å². The predicted molar refractivity (Wildman–Crippen MR) is 53.8 cm³/mol. The molecule has 0 fully saturated rings.